The summed E-state index contributed by atoms with van der Waals surface area (Å²) >= 11 is 0. The number of hydrogen-bond acceptors (Lipinski definition) is 6. The summed E-state index contributed by atoms with van der Waals surface area (Å²) in [6, 6.07) is 5.76. The zero-order chi connectivity index (χ0) is 16.1. The maximum atomic E-state index is 11.8. The van der Waals surface area contributed by atoms with Crippen molar-refractivity contribution >= 4 is 5.91 Å². The van der Waals surface area contributed by atoms with Crippen LogP contribution in [0.4, 0.5) is 0 Å². The fourth-order valence-electron chi connectivity index (χ4n) is 2.57. The number of aryl methyl sites for hydroxylation is 1. The van der Waals surface area contributed by atoms with Gasteiger partial charge in [0.05, 0.1) is 30.9 Å². The number of carbonyl (C=O) groups is 1. The normalized spacial score (nSPS) is 27.8. The molecule has 1 heterocycles. The third-order valence-corrected chi connectivity index (χ3v) is 3.93. The van der Waals surface area contributed by atoms with E-state index >= 15 is 0 Å². The van der Waals surface area contributed by atoms with Crippen LogP contribution in [-0.2, 0) is 11.2 Å². The van der Waals surface area contributed by atoms with E-state index in [1.807, 2.05) is 0 Å². The van der Waals surface area contributed by atoms with Gasteiger partial charge in [-0.2, -0.15) is 0 Å². The molecule has 0 aromatic heterocycles. The zero-order valence-corrected chi connectivity index (χ0v) is 12.1. The minimum atomic E-state index is -1.05. The second kappa shape index (κ2) is 7.55. The maximum Gasteiger partial charge on any atom is 0.220 e. The van der Waals surface area contributed by atoms with Crippen LogP contribution in [0.5, 0.6) is 5.75 Å². The van der Waals surface area contributed by atoms with E-state index in [2.05, 4.69) is 10.6 Å². The molecular formula is C15H22N2O5. The molecule has 0 unspecified atom stereocenters. The number of nitrogens with one attached hydrogen (secondary N) is 2. The van der Waals surface area contributed by atoms with E-state index < -0.39 is 24.3 Å². The van der Waals surface area contributed by atoms with Gasteiger partial charge in [-0.1, -0.05) is 18.2 Å². The standard InChI is InChI=1S/C15H22N2O5/c18-8-11-15(22)14(21)10(17-11)7-16-13(20)6-5-9-3-1-2-4-12(9)19/h1-4,10-11,14-15,17-19,21-22H,5-8H2,(H,16,20)/t10-,11-,14-,15-/m1/s1. The molecule has 1 fully saturated rings. The van der Waals surface area contributed by atoms with E-state index in [1.54, 1.807) is 24.3 Å². The monoisotopic (exact) mass is 310 g/mol. The van der Waals surface area contributed by atoms with Crippen molar-refractivity contribution in [2.45, 2.75) is 37.1 Å². The summed E-state index contributed by atoms with van der Waals surface area (Å²) in [6.07, 6.45) is -1.45. The number of rotatable bonds is 6. The molecule has 0 saturated carbocycles. The van der Waals surface area contributed by atoms with Crippen molar-refractivity contribution in [3.8, 4) is 5.75 Å². The van der Waals surface area contributed by atoms with Crippen molar-refractivity contribution < 1.29 is 25.2 Å². The summed E-state index contributed by atoms with van der Waals surface area (Å²) in [7, 11) is 0. The van der Waals surface area contributed by atoms with E-state index in [-0.39, 0.29) is 31.2 Å². The molecule has 1 amide bonds. The molecular weight excluding hydrogens is 288 g/mol. The quantitative estimate of drug-likeness (QED) is 0.380. The fourth-order valence-corrected chi connectivity index (χ4v) is 2.57. The molecule has 122 valence electrons. The Morgan fingerprint density at radius 2 is 1.86 bits per heavy atom. The predicted octanol–water partition coefficient (Wildman–Crippen LogP) is -1.50. The Balaban J connectivity index is 1.75. The van der Waals surface area contributed by atoms with E-state index in [0.29, 0.717) is 12.0 Å². The number of aliphatic hydroxyl groups is 3. The van der Waals surface area contributed by atoms with Crippen LogP contribution in [0.15, 0.2) is 24.3 Å². The zero-order valence-electron chi connectivity index (χ0n) is 12.1. The molecule has 7 nitrogen and oxygen atoms in total. The van der Waals surface area contributed by atoms with Crippen molar-refractivity contribution in [3.05, 3.63) is 29.8 Å². The Morgan fingerprint density at radius 3 is 2.50 bits per heavy atom. The van der Waals surface area contributed by atoms with Crippen LogP contribution < -0.4 is 10.6 Å². The molecule has 1 saturated heterocycles. The van der Waals surface area contributed by atoms with Crippen LogP contribution in [0.2, 0.25) is 0 Å². The molecule has 6 N–H and O–H groups in total. The molecule has 0 radical (unpaired) electrons. The Morgan fingerprint density at radius 1 is 1.18 bits per heavy atom. The number of phenolic OH excluding ortho intramolecular Hbond substituents is 1. The van der Waals surface area contributed by atoms with Crippen molar-refractivity contribution in [2.75, 3.05) is 13.2 Å². The second-order valence-electron chi connectivity index (χ2n) is 5.48. The highest BCUT2D eigenvalue weighted by molar-refractivity contribution is 5.76. The summed E-state index contributed by atoms with van der Waals surface area (Å²) in [5.41, 5.74) is 0.701. The van der Waals surface area contributed by atoms with E-state index in [9.17, 15) is 20.1 Å². The summed E-state index contributed by atoms with van der Waals surface area (Å²) < 4.78 is 0. The number of hydrogen-bond donors (Lipinski definition) is 6. The van der Waals surface area contributed by atoms with Gasteiger partial charge in [-0.3, -0.25) is 4.79 Å². The highest BCUT2D eigenvalue weighted by Crippen LogP contribution is 2.17. The molecule has 0 bridgehead atoms. The first kappa shape index (κ1) is 16.7. The number of aliphatic hydroxyl groups excluding tert-OH is 3. The van der Waals surface area contributed by atoms with Crippen LogP contribution >= 0.6 is 0 Å². The lowest BCUT2D eigenvalue weighted by Gasteiger charge is -2.16. The molecule has 7 heteroatoms. The molecule has 22 heavy (non-hydrogen) atoms. The number of phenols is 1. The number of benzene rings is 1. The van der Waals surface area contributed by atoms with Crippen LogP contribution in [-0.4, -0.2) is 63.8 Å². The van der Waals surface area contributed by atoms with Gasteiger partial charge in [-0.05, 0) is 18.1 Å². The minimum absolute atomic E-state index is 0.161. The van der Waals surface area contributed by atoms with E-state index in [0.717, 1.165) is 0 Å². The summed E-state index contributed by atoms with van der Waals surface area (Å²) in [4.78, 5) is 11.8. The Hall–Kier alpha value is -1.67. The SMILES string of the molecule is O=C(CCc1ccccc1O)NC[C@H]1N[C@H](CO)[C@@H](O)[C@@H]1O. The van der Waals surface area contributed by atoms with Crippen molar-refractivity contribution in [1.29, 1.82) is 0 Å². The molecule has 1 aromatic carbocycles. The van der Waals surface area contributed by atoms with Gasteiger partial charge in [0.15, 0.2) is 0 Å². The van der Waals surface area contributed by atoms with Gasteiger partial charge < -0.3 is 31.1 Å². The van der Waals surface area contributed by atoms with Crippen molar-refractivity contribution in [2.24, 2.45) is 0 Å². The Kier molecular flexibility index (Phi) is 5.73. The number of para-hydroxylation sites is 1. The van der Waals surface area contributed by atoms with Crippen LogP contribution in [0, 0.1) is 0 Å². The molecule has 1 aliphatic rings. The van der Waals surface area contributed by atoms with Crippen molar-refractivity contribution in [3.63, 3.8) is 0 Å². The maximum absolute atomic E-state index is 11.8. The first-order valence-electron chi connectivity index (χ1n) is 7.29. The van der Waals surface area contributed by atoms with Gasteiger partial charge in [0.25, 0.3) is 0 Å². The molecule has 1 aliphatic heterocycles. The van der Waals surface area contributed by atoms with Gasteiger partial charge in [0.1, 0.15) is 5.75 Å². The molecule has 0 spiro atoms. The van der Waals surface area contributed by atoms with Crippen LogP contribution in [0.3, 0.4) is 0 Å². The lowest BCUT2D eigenvalue weighted by atomic mass is 10.1. The van der Waals surface area contributed by atoms with E-state index in [1.165, 1.54) is 0 Å². The largest absolute Gasteiger partial charge is 0.508 e. The summed E-state index contributed by atoms with van der Waals surface area (Å²) in [5, 5.41) is 43.7. The average Bonchev–Trinajstić information content (AvgIpc) is 2.79. The topological polar surface area (TPSA) is 122 Å². The summed E-state index contributed by atoms with van der Waals surface area (Å²) in [5.74, 6) is -0.0451. The lowest BCUT2D eigenvalue weighted by Crippen LogP contribution is -2.44. The molecule has 0 aliphatic carbocycles. The van der Waals surface area contributed by atoms with Crippen LogP contribution in [0.25, 0.3) is 0 Å². The molecule has 2 rings (SSSR count). The van der Waals surface area contributed by atoms with E-state index in [4.69, 9.17) is 5.11 Å². The average molecular weight is 310 g/mol. The third kappa shape index (κ3) is 3.95. The summed E-state index contributed by atoms with van der Waals surface area (Å²) in [6.45, 7) is -0.121. The van der Waals surface area contributed by atoms with Gasteiger partial charge >= 0.3 is 0 Å². The Bertz CT molecular complexity index is 510. The van der Waals surface area contributed by atoms with Crippen molar-refractivity contribution in [1.82, 2.24) is 10.6 Å². The molecule has 1 aromatic rings. The highest BCUT2D eigenvalue weighted by Gasteiger charge is 2.40. The smallest absolute Gasteiger partial charge is 0.220 e. The second-order valence-corrected chi connectivity index (χ2v) is 5.48. The fraction of sp³-hybridized carbons (Fsp3) is 0.533. The molecule has 4 atom stereocenters. The predicted molar refractivity (Wildman–Crippen MR) is 79.2 cm³/mol. The van der Waals surface area contributed by atoms with Gasteiger partial charge in [0, 0.05) is 13.0 Å². The van der Waals surface area contributed by atoms with Gasteiger partial charge in [-0.25, -0.2) is 0 Å². The first-order valence-corrected chi connectivity index (χ1v) is 7.29. The van der Waals surface area contributed by atoms with Crippen LogP contribution in [0.1, 0.15) is 12.0 Å². The number of carbonyl (C=O) groups excluding carboxylic acids is 1. The first-order chi connectivity index (χ1) is 10.5. The van der Waals surface area contributed by atoms with Gasteiger partial charge in [-0.15, -0.1) is 0 Å². The Labute approximate surface area is 128 Å². The lowest BCUT2D eigenvalue weighted by molar-refractivity contribution is -0.121. The third-order valence-electron chi connectivity index (χ3n) is 3.93. The highest BCUT2D eigenvalue weighted by atomic mass is 16.3. The number of amides is 1. The van der Waals surface area contributed by atoms with Gasteiger partial charge in [0.2, 0.25) is 5.91 Å². The number of aromatic hydroxyl groups is 1. The minimum Gasteiger partial charge on any atom is -0.508 e.